The minimum absolute atomic E-state index is 0.00639. The van der Waals surface area contributed by atoms with E-state index >= 15 is 0 Å². The van der Waals surface area contributed by atoms with Gasteiger partial charge in [0, 0.05) is 0 Å². The molecule has 1 atom stereocenters. The highest BCUT2D eigenvalue weighted by Gasteiger charge is 2.49. The number of hydrogen-bond donors (Lipinski definition) is 2. The first-order valence-corrected chi connectivity index (χ1v) is 6.86. The number of nitrogens with one attached hydrogen (secondary N) is 2. The highest BCUT2D eigenvalue weighted by Crippen LogP contribution is 2.33. The Morgan fingerprint density at radius 2 is 1.95 bits per heavy atom. The van der Waals surface area contributed by atoms with E-state index in [1.165, 1.54) is 0 Å². The number of carbonyl (C=O) groups is 1. The van der Waals surface area contributed by atoms with Crippen molar-refractivity contribution in [3.05, 3.63) is 35.9 Å². The Labute approximate surface area is 113 Å². The van der Waals surface area contributed by atoms with Crippen molar-refractivity contribution < 1.29 is 4.79 Å². The van der Waals surface area contributed by atoms with Gasteiger partial charge in [-0.25, -0.2) is 4.99 Å². The molecule has 1 aliphatic carbocycles. The van der Waals surface area contributed by atoms with Crippen LogP contribution in [0.25, 0.3) is 0 Å². The molecule has 0 aromatic heterocycles. The summed E-state index contributed by atoms with van der Waals surface area (Å²) in [6.45, 7) is 4.11. The van der Waals surface area contributed by atoms with Crippen LogP contribution in [0.3, 0.4) is 0 Å². The zero-order valence-electron chi connectivity index (χ0n) is 11.3. The normalized spacial score (nSPS) is 28.6. The molecule has 1 aromatic rings. The number of benzene rings is 1. The van der Waals surface area contributed by atoms with E-state index in [0.29, 0.717) is 12.0 Å². The van der Waals surface area contributed by atoms with E-state index in [2.05, 4.69) is 29.5 Å². The number of carbonyl (C=O) groups excluding carboxylic acids is 1. The molecule has 2 fully saturated rings. The van der Waals surface area contributed by atoms with Gasteiger partial charge in [-0.3, -0.25) is 10.1 Å². The maximum absolute atomic E-state index is 12.5. The standard InChI is InChI=1S/C15H19N3O/c1-10(2)15(11-6-4-3-5-7-11)13(19)17-14(18-15)16-12-8-9-12/h3-7,10,12H,8-9H2,1-2H3,(H2,16,17,18,19). The van der Waals surface area contributed by atoms with Gasteiger partial charge in [-0.1, -0.05) is 44.2 Å². The van der Waals surface area contributed by atoms with Crippen molar-refractivity contribution in [1.82, 2.24) is 10.6 Å². The van der Waals surface area contributed by atoms with Gasteiger partial charge in [0.25, 0.3) is 5.91 Å². The lowest BCUT2D eigenvalue weighted by Gasteiger charge is -2.31. The van der Waals surface area contributed by atoms with E-state index in [1.807, 2.05) is 30.3 Å². The molecule has 100 valence electrons. The Bertz CT molecular complexity index is 519. The Morgan fingerprint density at radius 1 is 1.26 bits per heavy atom. The minimum Gasteiger partial charge on any atom is -0.338 e. The maximum Gasteiger partial charge on any atom is 0.257 e. The molecule has 1 saturated heterocycles. The molecule has 2 aliphatic rings. The second kappa shape index (κ2) is 4.37. The summed E-state index contributed by atoms with van der Waals surface area (Å²) >= 11 is 0. The van der Waals surface area contributed by atoms with Gasteiger partial charge in [0.1, 0.15) is 5.54 Å². The third kappa shape index (κ3) is 2.01. The summed E-state index contributed by atoms with van der Waals surface area (Å²) in [5, 5.41) is 6.23. The number of hydrogen-bond acceptors (Lipinski definition) is 2. The van der Waals surface area contributed by atoms with Crippen molar-refractivity contribution >= 4 is 11.9 Å². The Hall–Kier alpha value is -1.84. The van der Waals surface area contributed by atoms with E-state index in [4.69, 9.17) is 0 Å². The van der Waals surface area contributed by atoms with Crippen molar-refractivity contribution in [1.29, 1.82) is 0 Å². The van der Waals surface area contributed by atoms with Crippen LogP contribution in [0.2, 0.25) is 0 Å². The average molecular weight is 257 g/mol. The van der Waals surface area contributed by atoms with Gasteiger partial charge in [0.2, 0.25) is 0 Å². The number of amides is 1. The fourth-order valence-electron chi connectivity index (χ4n) is 2.58. The van der Waals surface area contributed by atoms with Gasteiger partial charge in [0.05, 0.1) is 6.04 Å². The molecule has 4 heteroatoms. The Morgan fingerprint density at radius 3 is 2.53 bits per heavy atom. The van der Waals surface area contributed by atoms with Crippen molar-refractivity contribution in [2.75, 3.05) is 0 Å². The summed E-state index contributed by atoms with van der Waals surface area (Å²) in [5.74, 6) is 0.764. The highest BCUT2D eigenvalue weighted by atomic mass is 16.2. The van der Waals surface area contributed by atoms with Gasteiger partial charge in [0.15, 0.2) is 5.96 Å². The predicted octanol–water partition coefficient (Wildman–Crippen LogP) is 1.78. The molecule has 4 nitrogen and oxygen atoms in total. The minimum atomic E-state index is -0.699. The zero-order chi connectivity index (χ0) is 13.5. The first-order valence-electron chi connectivity index (χ1n) is 6.86. The summed E-state index contributed by atoms with van der Waals surface area (Å²) in [7, 11) is 0. The van der Waals surface area contributed by atoms with Crippen molar-refractivity contribution in [2.45, 2.75) is 38.3 Å². The lowest BCUT2D eigenvalue weighted by molar-refractivity contribution is -0.125. The van der Waals surface area contributed by atoms with Crippen molar-refractivity contribution in [3.63, 3.8) is 0 Å². The van der Waals surface area contributed by atoms with Crippen LogP contribution in [-0.4, -0.2) is 17.9 Å². The molecule has 1 aliphatic heterocycles. The van der Waals surface area contributed by atoms with Crippen LogP contribution in [0.1, 0.15) is 32.3 Å². The molecule has 19 heavy (non-hydrogen) atoms. The second-order valence-electron chi connectivity index (χ2n) is 5.62. The van der Waals surface area contributed by atoms with Crippen LogP contribution in [0.5, 0.6) is 0 Å². The molecule has 1 saturated carbocycles. The summed E-state index contributed by atoms with van der Waals surface area (Å²) in [6, 6.07) is 10.3. The number of rotatable bonds is 3. The van der Waals surface area contributed by atoms with Crippen LogP contribution in [-0.2, 0) is 10.3 Å². The first kappa shape index (κ1) is 12.2. The SMILES string of the molecule is CC(C)C1(c2ccccc2)NC(=NC2CC2)NC1=O. The molecule has 1 amide bonds. The van der Waals surface area contributed by atoms with E-state index in [0.717, 1.165) is 18.4 Å². The molecule has 2 N–H and O–H groups in total. The lowest BCUT2D eigenvalue weighted by Crippen LogP contribution is -2.48. The van der Waals surface area contributed by atoms with Gasteiger partial charge < -0.3 is 5.32 Å². The van der Waals surface area contributed by atoms with Crippen LogP contribution in [0.4, 0.5) is 0 Å². The predicted molar refractivity (Wildman–Crippen MR) is 74.7 cm³/mol. The van der Waals surface area contributed by atoms with E-state index in [9.17, 15) is 4.79 Å². The van der Waals surface area contributed by atoms with Gasteiger partial charge >= 0.3 is 0 Å². The fraction of sp³-hybridized carbons (Fsp3) is 0.467. The number of nitrogens with zero attached hydrogens (tertiary/aromatic N) is 1. The van der Waals surface area contributed by atoms with Gasteiger partial charge in [-0.05, 0) is 24.3 Å². The van der Waals surface area contributed by atoms with Gasteiger partial charge in [-0.15, -0.1) is 0 Å². The third-order valence-electron chi connectivity index (χ3n) is 3.86. The second-order valence-corrected chi connectivity index (χ2v) is 5.62. The summed E-state index contributed by atoms with van der Waals surface area (Å²) in [4.78, 5) is 17.0. The monoisotopic (exact) mass is 257 g/mol. The van der Waals surface area contributed by atoms with Crippen LogP contribution >= 0.6 is 0 Å². The smallest absolute Gasteiger partial charge is 0.257 e. The van der Waals surface area contributed by atoms with Crippen LogP contribution in [0, 0.1) is 5.92 Å². The topological polar surface area (TPSA) is 53.5 Å². The fourth-order valence-corrected chi connectivity index (χ4v) is 2.58. The van der Waals surface area contributed by atoms with E-state index in [1.54, 1.807) is 0 Å². The molecule has 0 radical (unpaired) electrons. The van der Waals surface area contributed by atoms with Crippen LogP contribution < -0.4 is 10.6 Å². The quantitative estimate of drug-likeness (QED) is 0.867. The summed E-state index contributed by atoms with van der Waals surface area (Å²) < 4.78 is 0. The maximum atomic E-state index is 12.5. The van der Waals surface area contributed by atoms with E-state index in [-0.39, 0.29) is 11.8 Å². The molecule has 1 unspecified atom stereocenters. The molecule has 1 aromatic carbocycles. The molecule has 0 spiro atoms. The number of guanidine groups is 1. The lowest BCUT2D eigenvalue weighted by atomic mass is 9.80. The number of aliphatic imine (C=N–C) groups is 1. The molecular formula is C15H19N3O. The largest absolute Gasteiger partial charge is 0.338 e. The highest BCUT2D eigenvalue weighted by molar-refractivity contribution is 6.09. The van der Waals surface area contributed by atoms with Crippen LogP contribution in [0.15, 0.2) is 35.3 Å². The summed E-state index contributed by atoms with van der Waals surface area (Å²) in [6.07, 6.45) is 2.25. The van der Waals surface area contributed by atoms with E-state index < -0.39 is 5.54 Å². The molecular weight excluding hydrogens is 238 g/mol. The Balaban J connectivity index is 1.99. The van der Waals surface area contributed by atoms with Crippen molar-refractivity contribution in [3.8, 4) is 0 Å². The third-order valence-corrected chi connectivity index (χ3v) is 3.86. The molecule has 3 rings (SSSR count). The molecule has 0 bridgehead atoms. The first-order chi connectivity index (χ1) is 9.13. The average Bonchev–Trinajstić information content (AvgIpc) is 3.13. The zero-order valence-corrected chi connectivity index (χ0v) is 11.3. The van der Waals surface area contributed by atoms with Crippen molar-refractivity contribution in [2.24, 2.45) is 10.9 Å². The summed E-state index contributed by atoms with van der Waals surface area (Å²) in [5.41, 5.74) is 0.290. The van der Waals surface area contributed by atoms with Gasteiger partial charge in [-0.2, -0.15) is 0 Å². The Kier molecular flexibility index (Phi) is 2.81. The molecule has 1 heterocycles.